The van der Waals surface area contributed by atoms with Gasteiger partial charge < -0.3 is 9.84 Å². The molecule has 0 aromatic heterocycles. The standard InChI is InChI=1S/C11H18O3/c1-3-4-10-8(2)7-9(14-10)5-6-11(12)13/h9-10H,2-7H2,1H3,(H,12,13). The highest BCUT2D eigenvalue weighted by Gasteiger charge is 2.27. The van der Waals surface area contributed by atoms with Gasteiger partial charge in [0.2, 0.25) is 0 Å². The molecule has 0 aliphatic carbocycles. The second kappa shape index (κ2) is 5.15. The minimum Gasteiger partial charge on any atom is -0.481 e. The highest BCUT2D eigenvalue weighted by molar-refractivity contribution is 5.66. The molecule has 3 heteroatoms. The van der Waals surface area contributed by atoms with Crippen molar-refractivity contribution in [3.63, 3.8) is 0 Å². The van der Waals surface area contributed by atoms with Crippen LogP contribution in [0.25, 0.3) is 0 Å². The summed E-state index contributed by atoms with van der Waals surface area (Å²) in [5.41, 5.74) is 1.13. The Morgan fingerprint density at radius 3 is 2.93 bits per heavy atom. The molecule has 0 saturated carbocycles. The number of carboxylic acid groups (broad SMARTS) is 1. The van der Waals surface area contributed by atoms with Crippen LogP contribution in [0.2, 0.25) is 0 Å². The van der Waals surface area contributed by atoms with E-state index in [0.717, 1.165) is 24.8 Å². The first-order valence-corrected chi connectivity index (χ1v) is 5.18. The monoisotopic (exact) mass is 198 g/mol. The van der Waals surface area contributed by atoms with Gasteiger partial charge in [-0.3, -0.25) is 4.79 Å². The Hall–Kier alpha value is -0.830. The van der Waals surface area contributed by atoms with Gasteiger partial charge >= 0.3 is 5.97 Å². The lowest BCUT2D eigenvalue weighted by molar-refractivity contribution is -0.137. The van der Waals surface area contributed by atoms with Crippen molar-refractivity contribution in [3.8, 4) is 0 Å². The SMILES string of the molecule is C=C1CC(CCC(=O)O)OC1CCC. The zero-order valence-electron chi connectivity index (χ0n) is 8.66. The van der Waals surface area contributed by atoms with E-state index in [0.29, 0.717) is 6.42 Å². The Labute approximate surface area is 84.8 Å². The molecule has 14 heavy (non-hydrogen) atoms. The van der Waals surface area contributed by atoms with Crippen molar-refractivity contribution in [3.05, 3.63) is 12.2 Å². The maximum absolute atomic E-state index is 10.4. The van der Waals surface area contributed by atoms with Crippen molar-refractivity contribution in [2.45, 2.75) is 51.2 Å². The predicted molar refractivity (Wildman–Crippen MR) is 54.2 cm³/mol. The zero-order valence-corrected chi connectivity index (χ0v) is 8.66. The van der Waals surface area contributed by atoms with Gasteiger partial charge in [-0.05, 0) is 24.8 Å². The third kappa shape index (κ3) is 3.14. The van der Waals surface area contributed by atoms with Crippen LogP contribution in [0.15, 0.2) is 12.2 Å². The molecule has 3 nitrogen and oxygen atoms in total. The van der Waals surface area contributed by atoms with Crippen LogP contribution in [-0.4, -0.2) is 23.3 Å². The quantitative estimate of drug-likeness (QED) is 0.690. The lowest BCUT2D eigenvalue weighted by atomic mass is 10.0. The van der Waals surface area contributed by atoms with Crippen LogP contribution in [0.4, 0.5) is 0 Å². The molecule has 0 aromatic carbocycles. The summed E-state index contributed by atoms with van der Waals surface area (Å²) in [5.74, 6) is -0.752. The van der Waals surface area contributed by atoms with E-state index in [1.54, 1.807) is 0 Å². The van der Waals surface area contributed by atoms with Crippen LogP contribution in [0.5, 0.6) is 0 Å². The Kier molecular flexibility index (Phi) is 4.14. The summed E-state index contributed by atoms with van der Waals surface area (Å²) in [6.45, 7) is 6.07. The van der Waals surface area contributed by atoms with Gasteiger partial charge in [0.1, 0.15) is 0 Å². The van der Waals surface area contributed by atoms with Gasteiger partial charge in [0.15, 0.2) is 0 Å². The number of hydrogen-bond donors (Lipinski definition) is 1. The number of hydrogen-bond acceptors (Lipinski definition) is 2. The van der Waals surface area contributed by atoms with E-state index in [1.165, 1.54) is 0 Å². The van der Waals surface area contributed by atoms with Crippen LogP contribution in [0.3, 0.4) is 0 Å². The molecular formula is C11H18O3. The predicted octanol–water partition coefficient (Wildman–Crippen LogP) is 2.37. The molecule has 2 atom stereocenters. The van der Waals surface area contributed by atoms with Crippen LogP contribution in [0, 0.1) is 0 Å². The lowest BCUT2D eigenvalue weighted by Gasteiger charge is -2.11. The van der Waals surface area contributed by atoms with Crippen molar-refractivity contribution in [2.75, 3.05) is 0 Å². The zero-order chi connectivity index (χ0) is 10.6. The second-order valence-corrected chi connectivity index (χ2v) is 3.83. The summed E-state index contributed by atoms with van der Waals surface area (Å²) in [5, 5.41) is 8.53. The van der Waals surface area contributed by atoms with E-state index >= 15 is 0 Å². The van der Waals surface area contributed by atoms with Crippen molar-refractivity contribution in [1.82, 2.24) is 0 Å². The molecule has 0 spiro atoms. The molecule has 0 radical (unpaired) electrons. The van der Waals surface area contributed by atoms with Crippen molar-refractivity contribution >= 4 is 5.97 Å². The maximum atomic E-state index is 10.4. The van der Waals surface area contributed by atoms with Crippen molar-refractivity contribution in [2.24, 2.45) is 0 Å². The molecule has 2 unspecified atom stereocenters. The van der Waals surface area contributed by atoms with Crippen molar-refractivity contribution in [1.29, 1.82) is 0 Å². The molecule has 1 heterocycles. The van der Waals surface area contributed by atoms with Crippen LogP contribution in [0.1, 0.15) is 39.0 Å². The molecule has 1 N–H and O–H groups in total. The molecule has 1 saturated heterocycles. The van der Waals surface area contributed by atoms with Crippen LogP contribution >= 0.6 is 0 Å². The summed E-state index contributed by atoms with van der Waals surface area (Å²) in [6, 6.07) is 0. The normalized spacial score (nSPS) is 26.8. The number of aliphatic carboxylic acids is 1. The second-order valence-electron chi connectivity index (χ2n) is 3.83. The Morgan fingerprint density at radius 2 is 2.36 bits per heavy atom. The first-order chi connectivity index (χ1) is 6.63. The molecular weight excluding hydrogens is 180 g/mol. The average molecular weight is 198 g/mol. The van der Waals surface area contributed by atoms with Gasteiger partial charge in [-0.2, -0.15) is 0 Å². The largest absolute Gasteiger partial charge is 0.481 e. The first kappa shape index (κ1) is 11.2. The van der Waals surface area contributed by atoms with E-state index in [2.05, 4.69) is 13.5 Å². The van der Waals surface area contributed by atoms with Gasteiger partial charge in [0.25, 0.3) is 0 Å². The van der Waals surface area contributed by atoms with Gasteiger partial charge in [-0.15, -0.1) is 0 Å². The van der Waals surface area contributed by atoms with Gasteiger partial charge in [0.05, 0.1) is 12.2 Å². The molecule has 1 aliphatic rings. The summed E-state index contributed by atoms with van der Waals surface area (Å²) < 4.78 is 5.70. The van der Waals surface area contributed by atoms with Gasteiger partial charge in [0, 0.05) is 6.42 Å². The van der Waals surface area contributed by atoms with Crippen molar-refractivity contribution < 1.29 is 14.6 Å². The Morgan fingerprint density at radius 1 is 1.64 bits per heavy atom. The van der Waals surface area contributed by atoms with Crippen LogP contribution in [-0.2, 0) is 9.53 Å². The highest BCUT2D eigenvalue weighted by atomic mass is 16.5. The summed E-state index contributed by atoms with van der Waals surface area (Å²) >= 11 is 0. The third-order valence-corrected chi connectivity index (χ3v) is 2.53. The van der Waals surface area contributed by atoms with Gasteiger partial charge in [-0.1, -0.05) is 19.9 Å². The Bertz CT molecular complexity index is 223. The summed E-state index contributed by atoms with van der Waals surface area (Å²) in [7, 11) is 0. The third-order valence-electron chi connectivity index (χ3n) is 2.53. The molecule has 1 aliphatic heterocycles. The molecule has 1 rings (SSSR count). The molecule has 0 bridgehead atoms. The minimum absolute atomic E-state index is 0.0788. The number of carboxylic acids is 1. The molecule has 1 fully saturated rings. The Balaban J connectivity index is 2.31. The highest BCUT2D eigenvalue weighted by Crippen LogP contribution is 2.29. The number of ether oxygens (including phenoxy) is 1. The summed E-state index contributed by atoms with van der Waals surface area (Å²) in [4.78, 5) is 10.4. The first-order valence-electron chi connectivity index (χ1n) is 5.18. The maximum Gasteiger partial charge on any atom is 0.303 e. The summed E-state index contributed by atoms with van der Waals surface area (Å²) in [6.07, 6.45) is 3.95. The molecule has 0 aromatic rings. The van der Waals surface area contributed by atoms with Gasteiger partial charge in [-0.25, -0.2) is 0 Å². The van der Waals surface area contributed by atoms with E-state index < -0.39 is 5.97 Å². The topological polar surface area (TPSA) is 46.5 Å². The fourth-order valence-electron chi connectivity index (χ4n) is 1.79. The molecule has 0 amide bonds. The average Bonchev–Trinajstić information content (AvgIpc) is 2.45. The lowest BCUT2D eigenvalue weighted by Crippen LogP contribution is -2.12. The van der Waals surface area contributed by atoms with E-state index in [9.17, 15) is 4.79 Å². The molecule has 80 valence electrons. The van der Waals surface area contributed by atoms with E-state index in [1.807, 2.05) is 0 Å². The van der Waals surface area contributed by atoms with E-state index in [4.69, 9.17) is 9.84 Å². The smallest absolute Gasteiger partial charge is 0.303 e. The van der Waals surface area contributed by atoms with Crippen LogP contribution < -0.4 is 0 Å². The fourth-order valence-corrected chi connectivity index (χ4v) is 1.79. The number of rotatable bonds is 5. The van der Waals surface area contributed by atoms with E-state index in [-0.39, 0.29) is 18.6 Å². The minimum atomic E-state index is -0.752. The number of carbonyl (C=O) groups is 1. The fraction of sp³-hybridized carbons (Fsp3) is 0.727.